The number of imidazole rings is 1. The van der Waals surface area contributed by atoms with Crippen molar-refractivity contribution >= 4 is 29.1 Å². The first-order chi connectivity index (χ1) is 14.1. The summed E-state index contributed by atoms with van der Waals surface area (Å²) in [6, 6.07) is 15.1. The highest BCUT2D eigenvalue weighted by atomic mass is 35.5. The van der Waals surface area contributed by atoms with Gasteiger partial charge in [-0.2, -0.15) is 0 Å². The van der Waals surface area contributed by atoms with Crippen LogP contribution in [0.25, 0.3) is 17.1 Å². The van der Waals surface area contributed by atoms with E-state index in [0.29, 0.717) is 33.4 Å². The summed E-state index contributed by atoms with van der Waals surface area (Å²) in [5.41, 5.74) is 2.13. The zero-order valence-corrected chi connectivity index (χ0v) is 17.4. The number of carbonyl (C=O) groups excluding carboxylic acids is 1. The van der Waals surface area contributed by atoms with Gasteiger partial charge in [-0.3, -0.25) is 9.36 Å². The fraction of sp³-hybridized carbons (Fsp3) is 0.304. The van der Waals surface area contributed by atoms with Crippen molar-refractivity contribution in [2.45, 2.75) is 19.3 Å². The lowest BCUT2D eigenvalue weighted by atomic mass is 10.0. The summed E-state index contributed by atoms with van der Waals surface area (Å²) in [5, 5.41) is 1.26. The Hall–Kier alpha value is -2.30. The Labute approximate surface area is 180 Å². The molecule has 6 heteroatoms. The van der Waals surface area contributed by atoms with Crippen LogP contribution in [-0.4, -0.2) is 33.4 Å². The smallest absolute Gasteiger partial charge is 0.274 e. The van der Waals surface area contributed by atoms with Crippen molar-refractivity contribution in [1.29, 1.82) is 0 Å². The fourth-order valence-corrected chi connectivity index (χ4v) is 5.02. The van der Waals surface area contributed by atoms with Crippen LogP contribution in [0.5, 0.6) is 0 Å². The maximum absolute atomic E-state index is 13.2. The van der Waals surface area contributed by atoms with Crippen molar-refractivity contribution in [2.24, 2.45) is 11.8 Å². The Kier molecular flexibility index (Phi) is 4.84. The molecule has 1 amide bonds. The van der Waals surface area contributed by atoms with Gasteiger partial charge in [-0.25, -0.2) is 4.98 Å². The van der Waals surface area contributed by atoms with Crippen LogP contribution in [0.2, 0.25) is 10.0 Å². The van der Waals surface area contributed by atoms with Crippen LogP contribution in [0.15, 0.2) is 54.7 Å². The van der Waals surface area contributed by atoms with E-state index >= 15 is 0 Å². The summed E-state index contributed by atoms with van der Waals surface area (Å²) in [4.78, 5) is 19.9. The highest BCUT2D eigenvalue weighted by molar-refractivity contribution is 6.33. The third kappa shape index (κ3) is 3.45. The van der Waals surface area contributed by atoms with Crippen molar-refractivity contribution in [3.8, 4) is 17.1 Å². The van der Waals surface area contributed by atoms with Gasteiger partial charge in [0.2, 0.25) is 0 Å². The summed E-state index contributed by atoms with van der Waals surface area (Å²) in [6.07, 6.45) is 5.58. The van der Waals surface area contributed by atoms with E-state index < -0.39 is 0 Å². The largest absolute Gasteiger partial charge is 0.337 e. The third-order valence-corrected chi connectivity index (χ3v) is 6.74. The van der Waals surface area contributed by atoms with E-state index in [9.17, 15) is 4.79 Å². The van der Waals surface area contributed by atoms with Crippen LogP contribution in [0.3, 0.4) is 0 Å². The average Bonchev–Trinajstić information content (AvgIpc) is 3.43. The number of benzene rings is 2. The maximum atomic E-state index is 13.2. The standard InChI is InChI=1S/C23H21Cl2N3O/c24-17-8-10-18(11-9-17)28-14-21(26-22(28)19-6-1-2-7-20(19)25)23(29)27-12-15-4-3-5-16(15)13-27/h1-2,6-11,14-16H,3-5,12-13H2. The lowest BCUT2D eigenvalue weighted by Crippen LogP contribution is -2.29. The van der Waals surface area contributed by atoms with Crippen LogP contribution >= 0.6 is 23.2 Å². The van der Waals surface area contributed by atoms with Gasteiger partial charge < -0.3 is 4.90 Å². The number of carbonyl (C=O) groups is 1. The van der Waals surface area contributed by atoms with Gasteiger partial charge in [0.05, 0.1) is 5.02 Å². The minimum atomic E-state index is 0.000386. The molecule has 2 fully saturated rings. The lowest BCUT2D eigenvalue weighted by molar-refractivity contribution is 0.0775. The highest BCUT2D eigenvalue weighted by Crippen LogP contribution is 2.38. The number of rotatable bonds is 3. The number of aromatic nitrogens is 2. The minimum Gasteiger partial charge on any atom is -0.337 e. The topological polar surface area (TPSA) is 38.1 Å². The van der Waals surface area contributed by atoms with Crippen LogP contribution < -0.4 is 0 Å². The minimum absolute atomic E-state index is 0.000386. The van der Waals surface area contributed by atoms with E-state index in [1.807, 2.05) is 64.2 Å². The molecule has 0 spiro atoms. The number of hydrogen-bond donors (Lipinski definition) is 0. The van der Waals surface area contributed by atoms with Crippen molar-refractivity contribution in [3.63, 3.8) is 0 Å². The molecule has 3 aromatic rings. The second-order valence-electron chi connectivity index (χ2n) is 7.94. The Morgan fingerprint density at radius 2 is 1.66 bits per heavy atom. The first kappa shape index (κ1) is 18.7. The molecule has 1 aromatic heterocycles. The van der Waals surface area contributed by atoms with E-state index in [-0.39, 0.29) is 5.91 Å². The number of hydrogen-bond acceptors (Lipinski definition) is 2. The van der Waals surface area contributed by atoms with E-state index in [0.717, 1.165) is 24.3 Å². The highest BCUT2D eigenvalue weighted by Gasteiger charge is 2.39. The van der Waals surface area contributed by atoms with Crippen molar-refractivity contribution in [3.05, 3.63) is 70.5 Å². The quantitative estimate of drug-likeness (QED) is 0.538. The monoisotopic (exact) mass is 425 g/mol. The lowest BCUT2D eigenvalue weighted by Gasteiger charge is -2.15. The molecule has 0 N–H and O–H groups in total. The molecule has 148 valence electrons. The van der Waals surface area contributed by atoms with Crippen molar-refractivity contribution in [2.75, 3.05) is 13.1 Å². The second kappa shape index (κ2) is 7.51. The molecule has 1 saturated carbocycles. The molecule has 5 rings (SSSR count). The molecule has 1 aliphatic carbocycles. The fourth-order valence-electron chi connectivity index (χ4n) is 4.68. The molecule has 2 aromatic carbocycles. The normalized spacial score (nSPS) is 20.8. The van der Waals surface area contributed by atoms with Gasteiger partial charge in [0, 0.05) is 35.6 Å². The van der Waals surface area contributed by atoms with Crippen LogP contribution in [-0.2, 0) is 0 Å². The first-order valence-corrected chi connectivity index (χ1v) is 10.8. The molecule has 1 saturated heterocycles. The molecule has 29 heavy (non-hydrogen) atoms. The van der Waals surface area contributed by atoms with E-state index in [1.165, 1.54) is 19.3 Å². The summed E-state index contributed by atoms with van der Waals surface area (Å²) in [6.45, 7) is 1.69. The van der Waals surface area contributed by atoms with Gasteiger partial charge in [-0.05, 0) is 61.1 Å². The van der Waals surface area contributed by atoms with Gasteiger partial charge in [0.25, 0.3) is 5.91 Å². The Balaban J connectivity index is 1.55. The molecule has 2 atom stereocenters. The predicted molar refractivity (Wildman–Crippen MR) is 116 cm³/mol. The van der Waals surface area contributed by atoms with Crippen molar-refractivity contribution < 1.29 is 4.79 Å². The summed E-state index contributed by atoms with van der Waals surface area (Å²) < 4.78 is 1.92. The summed E-state index contributed by atoms with van der Waals surface area (Å²) in [7, 11) is 0. The molecule has 2 heterocycles. The molecule has 1 aliphatic heterocycles. The zero-order valence-electron chi connectivity index (χ0n) is 15.9. The van der Waals surface area contributed by atoms with Gasteiger partial charge in [0.15, 0.2) is 0 Å². The van der Waals surface area contributed by atoms with Crippen molar-refractivity contribution in [1.82, 2.24) is 14.5 Å². The van der Waals surface area contributed by atoms with Gasteiger partial charge >= 0.3 is 0 Å². The molecule has 0 radical (unpaired) electrons. The zero-order chi connectivity index (χ0) is 20.0. The van der Waals surface area contributed by atoms with Crippen LogP contribution in [0, 0.1) is 11.8 Å². The maximum Gasteiger partial charge on any atom is 0.274 e. The van der Waals surface area contributed by atoms with Gasteiger partial charge in [0.1, 0.15) is 11.5 Å². The SMILES string of the molecule is O=C(c1cn(-c2ccc(Cl)cc2)c(-c2ccccc2Cl)n1)N1CC2CCCC2C1. The average molecular weight is 426 g/mol. The third-order valence-electron chi connectivity index (χ3n) is 6.16. The van der Waals surface area contributed by atoms with Crippen LogP contribution in [0.1, 0.15) is 29.8 Å². The Morgan fingerprint density at radius 3 is 2.34 bits per heavy atom. The van der Waals surface area contributed by atoms with E-state index in [4.69, 9.17) is 28.2 Å². The molecular formula is C23H21Cl2N3O. The number of halogens is 2. The summed E-state index contributed by atoms with van der Waals surface area (Å²) >= 11 is 12.5. The molecule has 2 aliphatic rings. The second-order valence-corrected chi connectivity index (χ2v) is 8.78. The van der Waals surface area contributed by atoms with E-state index in [1.54, 1.807) is 0 Å². The number of amides is 1. The number of likely N-dealkylation sites (tertiary alicyclic amines) is 1. The van der Waals surface area contributed by atoms with Crippen LogP contribution in [0.4, 0.5) is 0 Å². The molecular weight excluding hydrogens is 405 g/mol. The predicted octanol–water partition coefficient (Wildman–Crippen LogP) is 5.72. The first-order valence-electron chi connectivity index (χ1n) is 9.99. The number of nitrogens with zero attached hydrogens (tertiary/aromatic N) is 3. The molecule has 0 bridgehead atoms. The Bertz CT molecular complexity index is 1050. The number of fused-ring (bicyclic) bond motifs is 1. The van der Waals surface area contributed by atoms with Gasteiger partial charge in [-0.1, -0.05) is 41.8 Å². The molecule has 2 unspecified atom stereocenters. The van der Waals surface area contributed by atoms with Gasteiger partial charge in [-0.15, -0.1) is 0 Å². The van der Waals surface area contributed by atoms with E-state index in [2.05, 4.69) is 0 Å². The Morgan fingerprint density at radius 1 is 0.966 bits per heavy atom. The molecule has 4 nitrogen and oxygen atoms in total. The summed E-state index contributed by atoms with van der Waals surface area (Å²) in [5.74, 6) is 1.96.